The molecule has 0 unspecified atom stereocenters. The van der Waals surface area contributed by atoms with Gasteiger partial charge in [-0.25, -0.2) is 13.9 Å². The van der Waals surface area contributed by atoms with Gasteiger partial charge in [0.05, 0.1) is 11.4 Å². The standard InChI is InChI=1S/C26H19FN6O2/c1-3-16-6-4-7-17-14-20(33(26(35)21(16)17)19-10-8-18(27)9-11-19)15(2)30-25(34)22-23(28)31-32-13-5-12-29-24(22)32/h1,4-15H,2H3,(H2,28,31)(H,30,34)/t15-/m1/s1. The molecule has 5 rings (SSSR count). The van der Waals surface area contributed by atoms with E-state index in [4.69, 9.17) is 12.2 Å². The van der Waals surface area contributed by atoms with Crippen molar-refractivity contribution >= 4 is 28.1 Å². The number of amides is 1. The Morgan fingerprint density at radius 3 is 2.71 bits per heavy atom. The Morgan fingerprint density at radius 1 is 1.20 bits per heavy atom. The summed E-state index contributed by atoms with van der Waals surface area (Å²) in [4.78, 5) is 31.1. The highest BCUT2D eigenvalue weighted by atomic mass is 19.1. The van der Waals surface area contributed by atoms with Gasteiger partial charge in [-0.05, 0) is 54.8 Å². The molecule has 5 aromatic rings. The van der Waals surface area contributed by atoms with Gasteiger partial charge in [-0.3, -0.25) is 14.2 Å². The molecule has 172 valence electrons. The zero-order chi connectivity index (χ0) is 24.7. The summed E-state index contributed by atoms with van der Waals surface area (Å²) < 4.78 is 16.5. The van der Waals surface area contributed by atoms with E-state index in [2.05, 4.69) is 21.3 Å². The first-order valence-corrected chi connectivity index (χ1v) is 10.7. The van der Waals surface area contributed by atoms with Gasteiger partial charge >= 0.3 is 0 Å². The van der Waals surface area contributed by atoms with Crippen molar-refractivity contribution in [3.8, 4) is 18.0 Å². The molecule has 0 saturated carbocycles. The third-order valence-corrected chi connectivity index (χ3v) is 5.76. The van der Waals surface area contributed by atoms with E-state index in [-0.39, 0.29) is 16.9 Å². The van der Waals surface area contributed by atoms with Crippen LogP contribution in [-0.2, 0) is 0 Å². The lowest BCUT2D eigenvalue weighted by Crippen LogP contribution is -2.32. The van der Waals surface area contributed by atoms with Gasteiger partial charge in [-0.1, -0.05) is 18.1 Å². The third-order valence-electron chi connectivity index (χ3n) is 5.76. The van der Waals surface area contributed by atoms with Crippen molar-refractivity contribution < 1.29 is 9.18 Å². The monoisotopic (exact) mass is 466 g/mol. The van der Waals surface area contributed by atoms with Gasteiger partial charge in [0.25, 0.3) is 11.5 Å². The average molecular weight is 466 g/mol. The molecule has 0 spiro atoms. The lowest BCUT2D eigenvalue weighted by molar-refractivity contribution is 0.0941. The van der Waals surface area contributed by atoms with Crippen molar-refractivity contribution in [2.24, 2.45) is 0 Å². The molecule has 0 aliphatic rings. The number of hydrogen-bond acceptors (Lipinski definition) is 5. The van der Waals surface area contributed by atoms with E-state index < -0.39 is 17.8 Å². The number of nitrogens with two attached hydrogens (primary N) is 1. The van der Waals surface area contributed by atoms with Gasteiger partial charge in [-0.2, -0.15) is 0 Å². The predicted octanol–water partition coefficient (Wildman–Crippen LogP) is 3.23. The molecule has 0 aliphatic carbocycles. The number of rotatable bonds is 4. The summed E-state index contributed by atoms with van der Waals surface area (Å²) in [6.45, 7) is 1.74. The molecule has 2 aromatic carbocycles. The van der Waals surface area contributed by atoms with Gasteiger partial charge in [0.2, 0.25) is 0 Å². The first-order valence-electron chi connectivity index (χ1n) is 10.7. The van der Waals surface area contributed by atoms with Crippen LogP contribution in [0.1, 0.15) is 34.6 Å². The van der Waals surface area contributed by atoms with E-state index in [9.17, 15) is 14.0 Å². The molecule has 0 bridgehead atoms. The number of halogens is 1. The van der Waals surface area contributed by atoms with Crippen molar-refractivity contribution in [3.63, 3.8) is 0 Å². The number of nitrogens with one attached hydrogen (secondary N) is 1. The Bertz CT molecular complexity index is 1710. The highest BCUT2D eigenvalue weighted by Crippen LogP contribution is 2.24. The quantitative estimate of drug-likeness (QED) is 0.396. The number of carbonyl (C=O) groups excluding carboxylic acids is 1. The summed E-state index contributed by atoms with van der Waals surface area (Å²) in [5.74, 6) is 1.64. The number of hydrogen-bond donors (Lipinski definition) is 2. The largest absolute Gasteiger partial charge is 0.381 e. The molecule has 9 heteroatoms. The number of benzene rings is 2. The van der Waals surface area contributed by atoms with E-state index in [0.717, 1.165) is 0 Å². The van der Waals surface area contributed by atoms with Crippen LogP contribution in [0, 0.1) is 18.2 Å². The summed E-state index contributed by atoms with van der Waals surface area (Å²) in [6, 6.07) is 13.5. The lowest BCUT2D eigenvalue weighted by atomic mass is 10.0. The summed E-state index contributed by atoms with van der Waals surface area (Å²) >= 11 is 0. The van der Waals surface area contributed by atoms with Crippen LogP contribution in [0.5, 0.6) is 0 Å². The zero-order valence-corrected chi connectivity index (χ0v) is 18.6. The van der Waals surface area contributed by atoms with Gasteiger partial charge in [-0.15, -0.1) is 11.5 Å². The maximum absolute atomic E-state index is 13.7. The van der Waals surface area contributed by atoms with E-state index in [1.807, 2.05) is 0 Å². The fourth-order valence-electron chi connectivity index (χ4n) is 4.14. The zero-order valence-electron chi connectivity index (χ0n) is 18.6. The van der Waals surface area contributed by atoms with Gasteiger partial charge in [0.15, 0.2) is 11.5 Å². The van der Waals surface area contributed by atoms with Crippen molar-refractivity contribution in [3.05, 3.63) is 100.0 Å². The second-order valence-electron chi connectivity index (χ2n) is 7.94. The van der Waals surface area contributed by atoms with Crippen molar-refractivity contribution in [2.45, 2.75) is 13.0 Å². The SMILES string of the molecule is C#Cc1cccc2cc([C@@H](C)NC(=O)c3c(N)nn4cccnc34)n(-c3ccc(F)cc3)c(=O)c12. The number of nitrogen functional groups attached to an aromatic ring is 1. The minimum atomic E-state index is -0.655. The Kier molecular flexibility index (Phi) is 5.26. The van der Waals surface area contributed by atoms with Gasteiger partial charge < -0.3 is 11.1 Å². The molecule has 1 amide bonds. The first kappa shape index (κ1) is 21.9. The molecule has 3 heterocycles. The fraction of sp³-hybridized carbons (Fsp3) is 0.0769. The minimum absolute atomic E-state index is 0.0292. The molecule has 0 fully saturated rings. The minimum Gasteiger partial charge on any atom is -0.381 e. The second kappa shape index (κ2) is 8.43. The number of anilines is 1. The first-order chi connectivity index (χ1) is 16.9. The Labute approximate surface area is 198 Å². The van der Waals surface area contributed by atoms with Gasteiger partial charge in [0.1, 0.15) is 11.4 Å². The summed E-state index contributed by atoms with van der Waals surface area (Å²) in [7, 11) is 0. The van der Waals surface area contributed by atoms with E-state index in [0.29, 0.717) is 33.4 Å². The van der Waals surface area contributed by atoms with Gasteiger partial charge in [0, 0.05) is 29.3 Å². The Morgan fingerprint density at radius 2 is 1.97 bits per heavy atom. The number of carbonyl (C=O) groups is 1. The topological polar surface area (TPSA) is 107 Å². The summed E-state index contributed by atoms with van der Waals surface area (Å²) in [6.07, 6.45) is 8.81. The number of pyridine rings is 1. The number of fused-ring (bicyclic) bond motifs is 2. The number of aromatic nitrogens is 4. The molecule has 1 atom stereocenters. The van der Waals surface area contributed by atoms with Crippen molar-refractivity contribution in [2.75, 3.05) is 5.73 Å². The van der Waals surface area contributed by atoms with Crippen LogP contribution in [0.15, 0.2) is 71.8 Å². The maximum Gasteiger partial charge on any atom is 0.264 e. The Balaban J connectivity index is 1.66. The average Bonchev–Trinajstić information content (AvgIpc) is 3.19. The highest BCUT2D eigenvalue weighted by molar-refractivity contribution is 6.04. The molecule has 0 radical (unpaired) electrons. The molecule has 0 aliphatic heterocycles. The molecule has 3 N–H and O–H groups in total. The second-order valence-corrected chi connectivity index (χ2v) is 7.94. The number of terminal acetylenes is 1. The molecule has 8 nitrogen and oxygen atoms in total. The predicted molar refractivity (Wildman–Crippen MR) is 131 cm³/mol. The molecule has 3 aromatic heterocycles. The van der Waals surface area contributed by atoms with E-state index in [1.54, 1.807) is 43.5 Å². The van der Waals surface area contributed by atoms with Crippen LogP contribution >= 0.6 is 0 Å². The lowest BCUT2D eigenvalue weighted by Gasteiger charge is -2.21. The molecule has 35 heavy (non-hydrogen) atoms. The van der Waals surface area contributed by atoms with Crippen molar-refractivity contribution in [1.82, 2.24) is 24.5 Å². The highest BCUT2D eigenvalue weighted by Gasteiger charge is 2.24. The molecular weight excluding hydrogens is 447 g/mol. The molecule has 0 saturated heterocycles. The van der Waals surface area contributed by atoms with Crippen LogP contribution in [0.25, 0.3) is 22.1 Å². The normalized spacial score (nSPS) is 11.9. The van der Waals surface area contributed by atoms with E-state index in [1.165, 1.54) is 39.5 Å². The summed E-state index contributed by atoms with van der Waals surface area (Å²) in [5.41, 5.74) is 7.39. The number of nitrogens with zero attached hydrogens (tertiary/aromatic N) is 4. The fourth-order valence-corrected chi connectivity index (χ4v) is 4.14. The smallest absolute Gasteiger partial charge is 0.264 e. The molecular formula is C26H19FN6O2. The van der Waals surface area contributed by atoms with Crippen LogP contribution in [0.3, 0.4) is 0 Å². The van der Waals surface area contributed by atoms with Crippen LogP contribution < -0.4 is 16.6 Å². The van der Waals surface area contributed by atoms with Crippen molar-refractivity contribution in [1.29, 1.82) is 0 Å². The Hall–Kier alpha value is -4.97. The van der Waals surface area contributed by atoms with Crippen LogP contribution in [0.2, 0.25) is 0 Å². The maximum atomic E-state index is 13.7. The summed E-state index contributed by atoms with van der Waals surface area (Å²) in [5, 5.41) is 7.99. The van der Waals surface area contributed by atoms with E-state index >= 15 is 0 Å². The third kappa shape index (κ3) is 3.67. The van der Waals surface area contributed by atoms with Crippen LogP contribution in [0.4, 0.5) is 10.2 Å². The van der Waals surface area contributed by atoms with Crippen LogP contribution in [-0.4, -0.2) is 25.1 Å².